The second-order valence-electron chi connectivity index (χ2n) is 6.43. The van der Waals surface area contributed by atoms with Crippen molar-refractivity contribution in [1.29, 1.82) is 0 Å². The van der Waals surface area contributed by atoms with Gasteiger partial charge in [0, 0.05) is 12.2 Å². The molecule has 2 heterocycles. The van der Waals surface area contributed by atoms with Crippen molar-refractivity contribution in [1.82, 2.24) is 0 Å². The minimum absolute atomic E-state index is 0.0628. The third kappa shape index (κ3) is 3.22. The average Bonchev–Trinajstić information content (AvgIpc) is 2.81. The van der Waals surface area contributed by atoms with Gasteiger partial charge in [-0.05, 0) is 42.2 Å². The number of nitrogens with zero attached hydrogens (tertiary/aromatic N) is 1. The van der Waals surface area contributed by atoms with Gasteiger partial charge in [-0.2, -0.15) is 0 Å². The maximum absolute atomic E-state index is 12.8. The number of aryl methyl sites for hydroxylation is 1. The maximum Gasteiger partial charge on any atom is 0.231 e. The van der Waals surface area contributed by atoms with Gasteiger partial charge in [-0.3, -0.25) is 9.59 Å². The van der Waals surface area contributed by atoms with E-state index in [4.69, 9.17) is 4.74 Å². The van der Waals surface area contributed by atoms with Crippen LogP contribution in [-0.4, -0.2) is 25.0 Å². The number of rotatable bonds is 2. The molecule has 2 amide bonds. The van der Waals surface area contributed by atoms with Crippen LogP contribution in [0.15, 0.2) is 42.5 Å². The summed E-state index contributed by atoms with van der Waals surface area (Å²) in [5, 5.41) is 2.84. The molecule has 2 aromatic carbocycles. The highest BCUT2D eigenvalue weighted by Crippen LogP contribution is 2.30. The van der Waals surface area contributed by atoms with Crippen LogP contribution in [0.3, 0.4) is 0 Å². The van der Waals surface area contributed by atoms with E-state index < -0.39 is 0 Å². The molecule has 0 saturated carbocycles. The Morgan fingerprint density at radius 1 is 1.16 bits per heavy atom. The molecule has 2 aliphatic heterocycles. The summed E-state index contributed by atoms with van der Waals surface area (Å²) in [6, 6.07) is 13.6. The fourth-order valence-corrected chi connectivity index (χ4v) is 3.44. The first-order valence-corrected chi connectivity index (χ1v) is 8.64. The van der Waals surface area contributed by atoms with Crippen molar-refractivity contribution in [3.8, 4) is 5.75 Å². The zero-order chi connectivity index (χ0) is 17.2. The fraction of sp³-hybridized carbons (Fsp3) is 0.300. The van der Waals surface area contributed by atoms with Gasteiger partial charge in [-0.25, -0.2) is 0 Å². The van der Waals surface area contributed by atoms with Crippen molar-refractivity contribution in [3.63, 3.8) is 0 Å². The predicted octanol–water partition coefficient (Wildman–Crippen LogP) is 2.93. The number of carbonyl (C=O) groups excluding carboxylic acids is 2. The number of carbonyl (C=O) groups is 2. The number of nitrogens with one attached hydrogen (secondary N) is 1. The largest absolute Gasteiger partial charge is 0.491 e. The third-order valence-corrected chi connectivity index (χ3v) is 4.67. The molecule has 0 fully saturated rings. The maximum atomic E-state index is 12.8. The zero-order valence-corrected chi connectivity index (χ0v) is 14.0. The number of anilines is 2. The van der Waals surface area contributed by atoms with E-state index in [2.05, 4.69) is 11.4 Å². The van der Waals surface area contributed by atoms with E-state index in [0.29, 0.717) is 30.9 Å². The molecule has 0 bridgehead atoms. The molecule has 4 rings (SSSR count). The average molecular weight is 336 g/mol. The van der Waals surface area contributed by atoms with Gasteiger partial charge in [0.05, 0.1) is 25.1 Å². The molecular weight excluding hydrogens is 316 g/mol. The molecule has 0 aliphatic carbocycles. The van der Waals surface area contributed by atoms with Crippen LogP contribution in [0.25, 0.3) is 0 Å². The minimum atomic E-state index is -0.0628. The summed E-state index contributed by atoms with van der Waals surface area (Å²) in [6.07, 6.45) is 2.64. The van der Waals surface area contributed by atoms with Crippen LogP contribution in [0.4, 0.5) is 11.4 Å². The van der Waals surface area contributed by atoms with Crippen LogP contribution in [0, 0.1) is 0 Å². The number of para-hydroxylation sites is 1. The fourth-order valence-electron chi connectivity index (χ4n) is 3.44. The van der Waals surface area contributed by atoms with E-state index in [1.165, 1.54) is 5.56 Å². The molecule has 1 N–H and O–H groups in total. The summed E-state index contributed by atoms with van der Waals surface area (Å²) < 4.78 is 5.56. The van der Waals surface area contributed by atoms with E-state index in [9.17, 15) is 9.59 Å². The van der Waals surface area contributed by atoms with Gasteiger partial charge in [-0.15, -0.1) is 0 Å². The molecule has 0 saturated heterocycles. The molecular formula is C20H20N2O3. The van der Waals surface area contributed by atoms with Crippen LogP contribution in [0.2, 0.25) is 0 Å². The lowest BCUT2D eigenvalue weighted by Crippen LogP contribution is -2.36. The number of hydrogen-bond acceptors (Lipinski definition) is 3. The van der Waals surface area contributed by atoms with Crippen LogP contribution < -0.4 is 15.0 Å². The van der Waals surface area contributed by atoms with Crippen LogP contribution in [-0.2, 0) is 22.4 Å². The highest BCUT2D eigenvalue weighted by molar-refractivity contribution is 5.97. The number of amides is 2. The molecule has 0 unspecified atom stereocenters. The number of hydrogen-bond donors (Lipinski definition) is 1. The predicted molar refractivity (Wildman–Crippen MR) is 96.0 cm³/mol. The lowest BCUT2D eigenvalue weighted by Gasteiger charge is -2.29. The molecule has 0 aromatic heterocycles. The lowest BCUT2D eigenvalue weighted by molar-refractivity contribution is -0.118. The van der Waals surface area contributed by atoms with Crippen molar-refractivity contribution in [3.05, 3.63) is 53.6 Å². The van der Waals surface area contributed by atoms with Gasteiger partial charge in [0.15, 0.2) is 0 Å². The van der Waals surface area contributed by atoms with E-state index in [0.717, 1.165) is 30.6 Å². The Kier molecular flexibility index (Phi) is 4.14. The van der Waals surface area contributed by atoms with Gasteiger partial charge >= 0.3 is 0 Å². The van der Waals surface area contributed by atoms with E-state index >= 15 is 0 Å². The third-order valence-electron chi connectivity index (χ3n) is 4.67. The Hall–Kier alpha value is -2.82. The highest BCUT2D eigenvalue weighted by atomic mass is 16.5. The molecule has 0 atom stereocenters. The van der Waals surface area contributed by atoms with Crippen molar-refractivity contribution < 1.29 is 14.3 Å². The minimum Gasteiger partial charge on any atom is -0.491 e. The van der Waals surface area contributed by atoms with Gasteiger partial charge < -0.3 is 15.0 Å². The van der Waals surface area contributed by atoms with E-state index in [1.807, 2.05) is 41.3 Å². The van der Waals surface area contributed by atoms with Crippen LogP contribution in [0.1, 0.15) is 24.0 Å². The number of fused-ring (bicyclic) bond motifs is 2. The summed E-state index contributed by atoms with van der Waals surface area (Å²) in [6.45, 7) is 1.13. The van der Waals surface area contributed by atoms with Gasteiger partial charge in [0.25, 0.3) is 0 Å². The molecule has 2 aliphatic rings. The standard InChI is InChI=1S/C20H20N2O3/c23-19-9-11-25-18-8-7-14(12-16(18)21-19)13-20(24)22-10-3-5-15-4-1-2-6-17(15)22/h1-2,4,6-8,12H,3,5,9-11,13H2,(H,21,23). The smallest absolute Gasteiger partial charge is 0.231 e. The topological polar surface area (TPSA) is 58.6 Å². The Labute approximate surface area is 146 Å². The first-order chi connectivity index (χ1) is 12.2. The van der Waals surface area contributed by atoms with E-state index in [-0.39, 0.29) is 11.8 Å². The second-order valence-corrected chi connectivity index (χ2v) is 6.43. The lowest BCUT2D eigenvalue weighted by atomic mass is 10.0. The summed E-state index contributed by atoms with van der Waals surface area (Å²) in [7, 11) is 0. The van der Waals surface area contributed by atoms with Crippen LogP contribution in [0.5, 0.6) is 5.75 Å². The Bertz CT molecular complexity index is 831. The second kappa shape index (κ2) is 6.59. The summed E-state index contributed by atoms with van der Waals surface area (Å²) >= 11 is 0. The number of ether oxygens (including phenoxy) is 1. The molecule has 2 aromatic rings. The van der Waals surface area contributed by atoms with Gasteiger partial charge in [0.2, 0.25) is 11.8 Å². The van der Waals surface area contributed by atoms with Crippen molar-refractivity contribution in [2.75, 3.05) is 23.4 Å². The SMILES string of the molecule is O=C1CCOc2ccc(CC(=O)N3CCCc4ccccc43)cc2N1. The Balaban J connectivity index is 1.55. The Morgan fingerprint density at radius 3 is 2.96 bits per heavy atom. The van der Waals surface area contributed by atoms with Crippen LogP contribution >= 0.6 is 0 Å². The molecule has 0 radical (unpaired) electrons. The normalized spacial score (nSPS) is 16.2. The van der Waals surface area contributed by atoms with Crippen molar-refractivity contribution in [2.24, 2.45) is 0 Å². The van der Waals surface area contributed by atoms with Crippen molar-refractivity contribution in [2.45, 2.75) is 25.7 Å². The van der Waals surface area contributed by atoms with Gasteiger partial charge in [0.1, 0.15) is 5.75 Å². The quantitative estimate of drug-likeness (QED) is 0.917. The zero-order valence-electron chi connectivity index (χ0n) is 14.0. The van der Waals surface area contributed by atoms with Crippen molar-refractivity contribution >= 4 is 23.2 Å². The summed E-state index contributed by atoms with van der Waals surface area (Å²) in [5.41, 5.74) is 3.76. The Morgan fingerprint density at radius 2 is 2.04 bits per heavy atom. The molecule has 0 spiro atoms. The van der Waals surface area contributed by atoms with Gasteiger partial charge in [-0.1, -0.05) is 24.3 Å². The summed E-state index contributed by atoms with van der Waals surface area (Å²) in [5.74, 6) is 0.672. The molecule has 5 nitrogen and oxygen atoms in total. The first-order valence-electron chi connectivity index (χ1n) is 8.64. The monoisotopic (exact) mass is 336 g/mol. The summed E-state index contributed by atoms with van der Waals surface area (Å²) in [4.78, 5) is 26.4. The van der Waals surface area contributed by atoms with E-state index in [1.54, 1.807) is 0 Å². The molecule has 5 heteroatoms. The molecule has 128 valence electrons. The molecule has 25 heavy (non-hydrogen) atoms. The number of benzene rings is 2. The first kappa shape index (κ1) is 15.7. The highest BCUT2D eigenvalue weighted by Gasteiger charge is 2.23.